The number of aromatic amines is 1. The molecule has 3 aromatic heterocycles. The van der Waals surface area contributed by atoms with E-state index in [0.29, 0.717) is 28.8 Å². The largest absolute Gasteiger partial charge is 0.337 e. The van der Waals surface area contributed by atoms with E-state index >= 15 is 0 Å². The van der Waals surface area contributed by atoms with Gasteiger partial charge in [-0.2, -0.15) is 10.2 Å². The van der Waals surface area contributed by atoms with Crippen LogP contribution in [0, 0.1) is 0 Å². The first-order valence-electron chi connectivity index (χ1n) is 9.61. The van der Waals surface area contributed by atoms with E-state index in [2.05, 4.69) is 25.6 Å². The molecule has 0 aliphatic carbocycles. The lowest BCUT2D eigenvalue weighted by molar-refractivity contribution is -0.0561. The average Bonchev–Trinajstić information content (AvgIpc) is 3.28. The van der Waals surface area contributed by atoms with E-state index in [1.54, 1.807) is 30.1 Å². The Kier molecular flexibility index (Phi) is 4.16. The third-order valence-corrected chi connectivity index (χ3v) is 5.32. The molecule has 2 N–H and O–H groups in total. The van der Waals surface area contributed by atoms with Crippen LogP contribution in [0.2, 0.25) is 0 Å². The van der Waals surface area contributed by atoms with Crippen molar-refractivity contribution in [1.82, 2.24) is 29.9 Å². The molecule has 1 aromatic carbocycles. The minimum absolute atomic E-state index is 0.184. The number of alkyl halides is 2. The molecule has 154 valence electrons. The highest BCUT2D eigenvalue weighted by Gasteiger charge is 2.38. The molecular weight excluding hydrogens is 392 g/mol. The van der Waals surface area contributed by atoms with E-state index in [1.165, 1.54) is 4.90 Å². The van der Waals surface area contributed by atoms with Gasteiger partial charge in [0.1, 0.15) is 5.52 Å². The maximum absolute atomic E-state index is 13.8. The van der Waals surface area contributed by atoms with Crippen molar-refractivity contribution in [1.29, 1.82) is 0 Å². The van der Waals surface area contributed by atoms with Crippen molar-refractivity contribution in [3.63, 3.8) is 0 Å². The van der Waals surface area contributed by atoms with Gasteiger partial charge in [0.25, 0.3) is 11.8 Å². The fourth-order valence-electron chi connectivity index (χ4n) is 3.86. The van der Waals surface area contributed by atoms with Crippen LogP contribution in [0.4, 0.5) is 20.3 Å². The Morgan fingerprint density at radius 2 is 2.17 bits per heavy atom. The second-order valence-corrected chi connectivity index (χ2v) is 7.49. The maximum atomic E-state index is 13.8. The molecular formula is C20H19F2N7O. The zero-order valence-electron chi connectivity index (χ0n) is 16.2. The van der Waals surface area contributed by atoms with E-state index in [9.17, 15) is 13.6 Å². The topological polar surface area (TPSA) is 91.7 Å². The number of piperidine rings is 1. The molecule has 0 radical (unpaired) electrons. The first-order chi connectivity index (χ1) is 14.4. The Labute approximate surface area is 169 Å². The van der Waals surface area contributed by atoms with Crippen LogP contribution < -0.4 is 5.32 Å². The molecule has 0 atom stereocenters. The normalized spacial score (nSPS) is 16.3. The molecule has 4 heterocycles. The van der Waals surface area contributed by atoms with Crippen molar-refractivity contribution in [2.24, 2.45) is 7.05 Å². The number of H-pyrrole nitrogens is 1. The summed E-state index contributed by atoms with van der Waals surface area (Å²) in [5, 5.41) is 15.3. The lowest BCUT2D eigenvalue weighted by Gasteiger charge is -2.32. The number of rotatable bonds is 3. The summed E-state index contributed by atoms with van der Waals surface area (Å²) in [4.78, 5) is 18.4. The first kappa shape index (κ1) is 18.5. The molecule has 0 saturated carbocycles. The Hall–Kier alpha value is -3.56. The van der Waals surface area contributed by atoms with Crippen LogP contribution in [-0.4, -0.2) is 54.8 Å². The number of pyridine rings is 1. The van der Waals surface area contributed by atoms with Gasteiger partial charge in [-0.1, -0.05) is 0 Å². The van der Waals surface area contributed by atoms with Crippen LogP contribution in [0.1, 0.15) is 23.3 Å². The number of hydrogen-bond acceptors (Lipinski definition) is 5. The molecule has 4 aromatic rings. The highest BCUT2D eigenvalue weighted by molar-refractivity contribution is 6.05. The molecule has 1 saturated heterocycles. The van der Waals surface area contributed by atoms with Gasteiger partial charge in [0.15, 0.2) is 11.5 Å². The molecule has 0 bridgehead atoms. The number of nitrogens with one attached hydrogen (secondary N) is 2. The standard InChI is InChI=1S/C20H19F2N7O/c1-28-15-10-12(24-18-17-14(25-26-18)4-2-8-23-17)5-6-13(15)16(27-28)19(30)29-9-3-7-20(21,22)11-29/h2,4-6,8,10H,3,7,9,11H2,1H3,(H2,24,25,26). The third-order valence-electron chi connectivity index (χ3n) is 5.32. The SMILES string of the molecule is Cn1nc(C(=O)N2CCCC(F)(F)C2)c2ccc(Nc3n[nH]c4cccnc34)cc21. The van der Waals surface area contributed by atoms with Crippen LogP contribution in [0.25, 0.3) is 21.9 Å². The number of anilines is 2. The molecule has 1 fully saturated rings. The summed E-state index contributed by atoms with van der Waals surface area (Å²) in [5.41, 5.74) is 3.16. The van der Waals surface area contributed by atoms with Gasteiger partial charge < -0.3 is 10.2 Å². The Bertz CT molecular complexity index is 1260. The van der Waals surface area contributed by atoms with Gasteiger partial charge in [-0.3, -0.25) is 19.6 Å². The third kappa shape index (κ3) is 3.14. The summed E-state index contributed by atoms with van der Waals surface area (Å²) in [6.07, 6.45) is 1.78. The van der Waals surface area contributed by atoms with Gasteiger partial charge in [0.05, 0.1) is 17.6 Å². The second kappa shape index (κ2) is 6.75. The van der Waals surface area contributed by atoms with Crippen LogP contribution in [0.15, 0.2) is 36.5 Å². The highest BCUT2D eigenvalue weighted by atomic mass is 19.3. The molecule has 0 unspecified atom stereocenters. The van der Waals surface area contributed by atoms with Crippen molar-refractivity contribution in [2.75, 3.05) is 18.4 Å². The van der Waals surface area contributed by atoms with Crippen molar-refractivity contribution in [3.05, 3.63) is 42.2 Å². The molecule has 8 nitrogen and oxygen atoms in total. The summed E-state index contributed by atoms with van der Waals surface area (Å²) in [7, 11) is 1.72. The predicted molar refractivity (Wildman–Crippen MR) is 108 cm³/mol. The number of likely N-dealkylation sites (tertiary alicyclic amines) is 1. The van der Waals surface area contributed by atoms with Crippen LogP contribution in [-0.2, 0) is 7.05 Å². The summed E-state index contributed by atoms with van der Waals surface area (Å²) in [5.74, 6) is -2.74. The number of benzene rings is 1. The summed E-state index contributed by atoms with van der Waals surface area (Å²) >= 11 is 0. The van der Waals surface area contributed by atoms with Crippen molar-refractivity contribution in [3.8, 4) is 0 Å². The summed E-state index contributed by atoms with van der Waals surface area (Å²) < 4.78 is 29.1. The van der Waals surface area contributed by atoms with Gasteiger partial charge >= 0.3 is 0 Å². The van der Waals surface area contributed by atoms with Crippen molar-refractivity contribution < 1.29 is 13.6 Å². The maximum Gasteiger partial charge on any atom is 0.275 e. The van der Waals surface area contributed by atoms with Gasteiger partial charge in [-0.15, -0.1) is 0 Å². The van der Waals surface area contributed by atoms with E-state index in [1.807, 2.05) is 18.2 Å². The Morgan fingerprint density at radius 1 is 1.30 bits per heavy atom. The monoisotopic (exact) mass is 411 g/mol. The molecule has 1 amide bonds. The summed E-state index contributed by atoms with van der Waals surface area (Å²) in [6.45, 7) is -0.256. The summed E-state index contributed by atoms with van der Waals surface area (Å²) in [6, 6.07) is 9.11. The van der Waals surface area contributed by atoms with Gasteiger partial charge in [-0.05, 0) is 36.8 Å². The molecule has 30 heavy (non-hydrogen) atoms. The molecule has 1 aliphatic rings. The number of aromatic nitrogens is 5. The first-order valence-corrected chi connectivity index (χ1v) is 9.61. The molecule has 0 spiro atoms. The highest BCUT2D eigenvalue weighted by Crippen LogP contribution is 2.30. The fraction of sp³-hybridized carbons (Fsp3) is 0.300. The lowest BCUT2D eigenvalue weighted by atomic mass is 10.1. The second-order valence-electron chi connectivity index (χ2n) is 7.49. The minimum Gasteiger partial charge on any atom is -0.337 e. The predicted octanol–water partition coefficient (Wildman–Crippen LogP) is 3.46. The fourth-order valence-corrected chi connectivity index (χ4v) is 3.86. The molecule has 10 heteroatoms. The van der Waals surface area contributed by atoms with Crippen LogP contribution in [0.3, 0.4) is 0 Å². The Morgan fingerprint density at radius 3 is 3.00 bits per heavy atom. The average molecular weight is 411 g/mol. The quantitative estimate of drug-likeness (QED) is 0.539. The zero-order chi connectivity index (χ0) is 20.9. The number of carbonyl (C=O) groups is 1. The number of carbonyl (C=O) groups excluding carboxylic acids is 1. The Balaban J connectivity index is 1.46. The number of halogens is 2. The lowest BCUT2D eigenvalue weighted by Crippen LogP contribution is -2.45. The van der Waals surface area contributed by atoms with Crippen LogP contribution >= 0.6 is 0 Å². The van der Waals surface area contributed by atoms with E-state index in [-0.39, 0.29) is 18.5 Å². The number of nitrogens with zero attached hydrogens (tertiary/aromatic N) is 5. The zero-order valence-corrected chi connectivity index (χ0v) is 16.2. The van der Waals surface area contributed by atoms with Crippen molar-refractivity contribution in [2.45, 2.75) is 18.8 Å². The van der Waals surface area contributed by atoms with Gasteiger partial charge in [-0.25, -0.2) is 8.78 Å². The van der Waals surface area contributed by atoms with Crippen LogP contribution in [0.5, 0.6) is 0 Å². The van der Waals surface area contributed by atoms with E-state index in [0.717, 1.165) is 11.2 Å². The number of aryl methyl sites for hydroxylation is 1. The van der Waals surface area contributed by atoms with E-state index in [4.69, 9.17) is 0 Å². The van der Waals surface area contributed by atoms with E-state index < -0.39 is 18.4 Å². The minimum atomic E-state index is -2.85. The smallest absolute Gasteiger partial charge is 0.275 e. The molecule has 1 aliphatic heterocycles. The number of fused-ring (bicyclic) bond motifs is 2. The van der Waals surface area contributed by atoms with Crippen molar-refractivity contribution >= 4 is 39.3 Å². The van der Waals surface area contributed by atoms with Gasteiger partial charge in [0, 0.05) is 37.3 Å². The number of hydrogen-bond donors (Lipinski definition) is 2. The molecule has 5 rings (SSSR count). The van der Waals surface area contributed by atoms with Gasteiger partial charge in [0.2, 0.25) is 0 Å². The number of amides is 1.